The maximum atomic E-state index is 12.4. The normalized spacial score (nSPS) is 15.7. The summed E-state index contributed by atoms with van der Waals surface area (Å²) in [4.78, 5) is 3.69. The minimum absolute atomic E-state index is 0.395. The average molecular weight is 170 g/mol. The molecule has 12 heavy (non-hydrogen) atoms. The van der Waals surface area contributed by atoms with Gasteiger partial charge in [0.25, 0.3) is 0 Å². The Morgan fingerprint density at radius 3 is 2.67 bits per heavy atom. The number of halogens is 1. The lowest BCUT2D eigenvalue weighted by atomic mass is 10.1. The second-order valence-electron chi connectivity index (χ2n) is 2.71. The zero-order valence-corrected chi connectivity index (χ0v) is 6.74. The molecule has 0 radical (unpaired) electrons. The van der Waals surface area contributed by atoms with E-state index in [0.717, 1.165) is 6.20 Å². The first-order valence-electron chi connectivity index (χ1n) is 3.66. The van der Waals surface area contributed by atoms with Gasteiger partial charge in [0.15, 0.2) is 0 Å². The monoisotopic (exact) mass is 170 g/mol. The predicted octanol–water partition coefficient (Wildman–Crippen LogP) is 0.601. The van der Waals surface area contributed by atoms with E-state index >= 15 is 0 Å². The molecule has 0 aliphatic heterocycles. The molecule has 1 rings (SSSR count). The summed E-state index contributed by atoms with van der Waals surface area (Å²) in [7, 11) is 0. The molecular weight excluding hydrogens is 159 g/mol. The molecule has 0 aliphatic carbocycles. The number of aromatic nitrogens is 1. The lowest BCUT2D eigenvalue weighted by Gasteiger charge is -2.12. The first-order valence-corrected chi connectivity index (χ1v) is 3.66. The van der Waals surface area contributed by atoms with Gasteiger partial charge >= 0.3 is 0 Å². The Morgan fingerprint density at radius 1 is 1.58 bits per heavy atom. The van der Waals surface area contributed by atoms with Gasteiger partial charge in [0, 0.05) is 6.04 Å². The van der Waals surface area contributed by atoms with E-state index < -0.39 is 18.0 Å². The summed E-state index contributed by atoms with van der Waals surface area (Å²) in [6.07, 6.45) is 0.228. The molecule has 66 valence electrons. The van der Waals surface area contributed by atoms with Crippen LogP contribution in [0.5, 0.6) is 0 Å². The SMILES string of the molecule is C[C@@H](N)[C@H](O)c1ccc(F)cn1. The van der Waals surface area contributed by atoms with E-state index in [1.807, 2.05) is 0 Å². The fourth-order valence-electron chi connectivity index (χ4n) is 0.832. The molecule has 0 spiro atoms. The van der Waals surface area contributed by atoms with Gasteiger partial charge in [-0.1, -0.05) is 0 Å². The third-order valence-corrected chi connectivity index (χ3v) is 1.55. The second kappa shape index (κ2) is 3.60. The van der Waals surface area contributed by atoms with Gasteiger partial charge in [0.1, 0.15) is 11.9 Å². The Kier molecular flexibility index (Phi) is 2.73. The summed E-state index contributed by atoms with van der Waals surface area (Å²) in [5.41, 5.74) is 5.82. The van der Waals surface area contributed by atoms with Crippen molar-refractivity contribution in [2.75, 3.05) is 0 Å². The van der Waals surface area contributed by atoms with E-state index in [-0.39, 0.29) is 0 Å². The van der Waals surface area contributed by atoms with Gasteiger partial charge < -0.3 is 10.8 Å². The summed E-state index contributed by atoms with van der Waals surface area (Å²) in [6, 6.07) is 2.26. The number of aliphatic hydroxyl groups is 1. The number of pyridine rings is 1. The summed E-state index contributed by atoms with van der Waals surface area (Å²) in [5, 5.41) is 9.38. The van der Waals surface area contributed by atoms with Gasteiger partial charge in [-0.25, -0.2) is 4.39 Å². The zero-order valence-electron chi connectivity index (χ0n) is 6.74. The third-order valence-electron chi connectivity index (χ3n) is 1.55. The van der Waals surface area contributed by atoms with E-state index in [4.69, 9.17) is 5.73 Å². The lowest BCUT2D eigenvalue weighted by Crippen LogP contribution is -2.25. The van der Waals surface area contributed by atoms with Crippen molar-refractivity contribution >= 4 is 0 Å². The fourth-order valence-corrected chi connectivity index (χ4v) is 0.832. The smallest absolute Gasteiger partial charge is 0.141 e. The quantitative estimate of drug-likeness (QED) is 0.683. The molecule has 0 bridgehead atoms. The van der Waals surface area contributed by atoms with Gasteiger partial charge in [-0.15, -0.1) is 0 Å². The molecule has 3 N–H and O–H groups in total. The zero-order chi connectivity index (χ0) is 9.14. The van der Waals surface area contributed by atoms with Crippen LogP contribution in [0.2, 0.25) is 0 Å². The van der Waals surface area contributed by atoms with Gasteiger partial charge in [-0.05, 0) is 19.1 Å². The maximum Gasteiger partial charge on any atom is 0.141 e. The number of nitrogens with two attached hydrogens (primary N) is 1. The molecule has 1 aromatic heterocycles. The highest BCUT2D eigenvalue weighted by molar-refractivity contribution is 5.09. The molecule has 1 aromatic rings. The predicted molar refractivity (Wildman–Crippen MR) is 42.8 cm³/mol. The maximum absolute atomic E-state index is 12.4. The van der Waals surface area contributed by atoms with Crippen molar-refractivity contribution in [2.45, 2.75) is 19.1 Å². The Hall–Kier alpha value is -1.00. The molecule has 3 nitrogen and oxygen atoms in total. The average Bonchev–Trinajstić information content (AvgIpc) is 2.04. The van der Waals surface area contributed by atoms with Crippen LogP contribution in [0.25, 0.3) is 0 Å². The number of hydrogen-bond acceptors (Lipinski definition) is 3. The molecule has 0 saturated carbocycles. The summed E-state index contributed by atoms with van der Waals surface area (Å²) in [6.45, 7) is 1.66. The molecule has 0 saturated heterocycles. The number of hydrogen-bond donors (Lipinski definition) is 2. The first kappa shape index (κ1) is 9.09. The molecule has 4 heteroatoms. The summed E-state index contributed by atoms with van der Waals surface area (Å²) in [5.74, 6) is -0.421. The molecule has 0 fully saturated rings. The van der Waals surface area contributed by atoms with Crippen LogP contribution in [0.3, 0.4) is 0 Å². The Bertz CT molecular complexity index is 248. The highest BCUT2D eigenvalue weighted by Crippen LogP contribution is 2.12. The summed E-state index contributed by atoms with van der Waals surface area (Å²) >= 11 is 0. The molecule has 1 heterocycles. The molecule has 2 atom stereocenters. The number of aliphatic hydroxyl groups excluding tert-OH is 1. The van der Waals surface area contributed by atoms with Crippen molar-refractivity contribution in [3.8, 4) is 0 Å². The van der Waals surface area contributed by atoms with Gasteiger partial charge in [0.2, 0.25) is 0 Å². The van der Waals surface area contributed by atoms with E-state index in [1.165, 1.54) is 12.1 Å². The Labute approximate surface area is 70.0 Å². The highest BCUT2D eigenvalue weighted by Gasteiger charge is 2.12. The minimum Gasteiger partial charge on any atom is -0.385 e. The van der Waals surface area contributed by atoms with Gasteiger partial charge in [-0.3, -0.25) is 4.98 Å². The van der Waals surface area contributed by atoms with Crippen molar-refractivity contribution in [1.29, 1.82) is 0 Å². The first-order chi connectivity index (χ1) is 5.61. The summed E-state index contributed by atoms with van der Waals surface area (Å²) < 4.78 is 12.4. The molecule has 0 amide bonds. The fraction of sp³-hybridized carbons (Fsp3) is 0.375. The Balaban J connectivity index is 2.82. The molecule has 0 unspecified atom stereocenters. The lowest BCUT2D eigenvalue weighted by molar-refractivity contribution is 0.148. The molecular formula is C8H11FN2O. The number of rotatable bonds is 2. The standard InChI is InChI=1S/C8H11FN2O/c1-5(10)8(12)7-3-2-6(9)4-11-7/h2-5,8,12H,10H2,1H3/t5-,8+/m1/s1. The number of nitrogens with zero attached hydrogens (tertiary/aromatic N) is 1. The highest BCUT2D eigenvalue weighted by atomic mass is 19.1. The molecule has 0 aliphatic rings. The van der Waals surface area contributed by atoms with Crippen LogP contribution >= 0.6 is 0 Å². The van der Waals surface area contributed by atoms with Crippen LogP contribution in [0.15, 0.2) is 18.3 Å². The van der Waals surface area contributed by atoms with Crippen molar-refractivity contribution in [2.24, 2.45) is 5.73 Å². The van der Waals surface area contributed by atoms with Crippen LogP contribution in [0.4, 0.5) is 4.39 Å². The minimum atomic E-state index is -0.828. The topological polar surface area (TPSA) is 59.1 Å². The van der Waals surface area contributed by atoms with Crippen LogP contribution < -0.4 is 5.73 Å². The van der Waals surface area contributed by atoms with Crippen LogP contribution in [-0.4, -0.2) is 16.1 Å². The molecule has 0 aromatic carbocycles. The van der Waals surface area contributed by atoms with Gasteiger partial charge in [-0.2, -0.15) is 0 Å². The van der Waals surface area contributed by atoms with Crippen molar-refractivity contribution in [1.82, 2.24) is 4.98 Å². The van der Waals surface area contributed by atoms with Crippen molar-refractivity contribution in [3.05, 3.63) is 29.8 Å². The van der Waals surface area contributed by atoms with E-state index in [9.17, 15) is 9.50 Å². The van der Waals surface area contributed by atoms with E-state index in [0.29, 0.717) is 5.69 Å². The van der Waals surface area contributed by atoms with E-state index in [1.54, 1.807) is 6.92 Å². The third kappa shape index (κ3) is 1.99. The second-order valence-corrected chi connectivity index (χ2v) is 2.71. The Morgan fingerprint density at radius 2 is 2.25 bits per heavy atom. The van der Waals surface area contributed by atoms with Gasteiger partial charge in [0.05, 0.1) is 11.9 Å². The largest absolute Gasteiger partial charge is 0.385 e. The van der Waals surface area contributed by atoms with Crippen molar-refractivity contribution in [3.63, 3.8) is 0 Å². The van der Waals surface area contributed by atoms with Crippen molar-refractivity contribution < 1.29 is 9.50 Å². The van der Waals surface area contributed by atoms with E-state index in [2.05, 4.69) is 4.98 Å². The van der Waals surface area contributed by atoms with Crippen LogP contribution in [0, 0.1) is 5.82 Å². The van der Waals surface area contributed by atoms with Crippen LogP contribution in [0.1, 0.15) is 18.7 Å². The van der Waals surface area contributed by atoms with Crippen LogP contribution in [-0.2, 0) is 0 Å².